The first kappa shape index (κ1) is 18.3. The maximum atomic E-state index is 12.8. The molecule has 4 rings (SSSR count). The van der Waals surface area contributed by atoms with E-state index in [-0.39, 0.29) is 5.91 Å². The standard InChI is InChI=1S/C22H21N3O2S/c1-16(22(26)23-14-18-10-7-13-28-18)25-20-12-6-5-11-19(20)24-21(25)15-27-17-8-3-2-4-9-17/h2-13,16H,14-15H2,1H3,(H,23,26)/t16-/m0/s1. The van der Waals surface area contributed by atoms with Crippen molar-refractivity contribution in [2.75, 3.05) is 0 Å². The van der Waals surface area contributed by atoms with Gasteiger partial charge in [0.2, 0.25) is 5.91 Å². The zero-order valence-corrected chi connectivity index (χ0v) is 16.4. The molecule has 1 atom stereocenters. The molecule has 0 aliphatic rings. The summed E-state index contributed by atoms with van der Waals surface area (Å²) in [5.41, 5.74) is 1.78. The predicted octanol–water partition coefficient (Wildman–Crippen LogP) is 4.55. The number of imidazole rings is 1. The lowest BCUT2D eigenvalue weighted by Gasteiger charge is -2.17. The Labute approximate surface area is 167 Å². The molecule has 4 aromatic rings. The Morgan fingerprint density at radius 1 is 1.11 bits per heavy atom. The highest BCUT2D eigenvalue weighted by Crippen LogP contribution is 2.23. The van der Waals surface area contributed by atoms with Gasteiger partial charge < -0.3 is 14.6 Å². The second-order valence-electron chi connectivity index (χ2n) is 6.46. The molecular formula is C22H21N3O2S. The van der Waals surface area contributed by atoms with Crippen molar-refractivity contribution in [1.82, 2.24) is 14.9 Å². The third kappa shape index (κ3) is 3.92. The van der Waals surface area contributed by atoms with E-state index >= 15 is 0 Å². The summed E-state index contributed by atoms with van der Waals surface area (Å²) < 4.78 is 7.86. The summed E-state index contributed by atoms with van der Waals surface area (Å²) in [6.45, 7) is 2.72. The van der Waals surface area contributed by atoms with E-state index in [2.05, 4.69) is 5.32 Å². The monoisotopic (exact) mass is 391 g/mol. The molecule has 2 heterocycles. The van der Waals surface area contributed by atoms with Crippen LogP contribution in [0.4, 0.5) is 0 Å². The number of hydrogen-bond donors (Lipinski definition) is 1. The number of nitrogens with one attached hydrogen (secondary N) is 1. The molecule has 0 unspecified atom stereocenters. The minimum absolute atomic E-state index is 0.0440. The van der Waals surface area contributed by atoms with Crippen LogP contribution in [0.1, 0.15) is 23.7 Å². The Balaban J connectivity index is 1.57. The number of para-hydroxylation sites is 3. The summed E-state index contributed by atoms with van der Waals surface area (Å²) >= 11 is 1.63. The molecule has 1 N–H and O–H groups in total. The molecular weight excluding hydrogens is 370 g/mol. The lowest BCUT2D eigenvalue weighted by Crippen LogP contribution is -2.31. The second kappa shape index (κ2) is 8.27. The van der Waals surface area contributed by atoms with Gasteiger partial charge >= 0.3 is 0 Å². The van der Waals surface area contributed by atoms with Crippen molar-refractivity contribution < 1.29 is 9.53 Å². The largest absolute Gasteiger partial charge is 0.486 e. The van der Waals surface area contributed by atoms with Crippen LogP contribution in [0, 0.1) is 0 Å². The highest BCUT2D eigenvalue weighted by Gasteiger charge is 2.21. The van der Waals surface area contributed by atoms with Crippen LogP contribution in [0.25, 0.3) is 11.0 Å². The van der Waals surface area contributed by atoms with E-state index in [1.807, 2.05) is 83.6 Å². The topological polar surface area (TPSA) is 56.2 Å². The van der Waals surface area contributed by atoms with Crippen LogP contribution < -0.4 is 10.1 Å². The molecule has 28 heavy (non-hydrogen) atoms. The Kier molecular flexibility index (Phi) is 5.39. The minimum atomic E-state index is -0.401. The van der Waals surface area contributed by atoms with Gasteiger partial charge in [0, 0.05) is 4.88 Å². The first-order valence-corrected chi connectivity index (χ1v) is 10.0. The van der Waals surface area contributed by atoms with E-state index in [1.54, 1.807) is 11.3 Å². The Bertz CT molecular complexity index is 1060. The van der Waals surface area contributed by atoms with Crippen LogP contribution in [-0.4, -0.2) is 15.5 Å². The van der Waals surface area contributed by atoms with E-state index in [1.165, 1.54) is 0 Å². The molecule has 142 valence electrons. The molecule has 0 bridgehead atoms. The fraction of sp³-hybridized carbons (Fsp3) is 0.182. The molecule has 0 radical (unpaired) electrons. The molecule has 0 aliphatic carbocycles. The highest BCUT2D eigenvalue weighted by molar-refractivity contribution is 7.09. The summed E-state index contributed by atoms with van der Waals surface area (Å²) in [5.74, 6) is 1.46. The van der Waals surface area contributed by atoms with Crippen molar-refractivity contribution in [3.8, 4) is 5.75 Å². The van der Waals surface area contributed by atoms with E-state index in [4.69, 9.17) is 9.72 Å². The molecule has 0 fully saturated rings. The van der Waals surface area contributed by atoms with Crippen LogP contribution in [0.3, 0.4) is 0 Å². The number of hydrogen-bond acceptors (Lipinski definition) is 4. The van der Waals surface area contributed by atoms with Gasteiger partial charge in [0.1, 0.15) is 24.2 Å². The maximum absolute atomic E-state index is 12.8. The number of carbonyl (C=O) groups excluding carboxylic acids is 1. The van der Waals surface area contributed by atoms with Gasteiger partial charge in [-0.3, -0.25) is 4.79 Å². The van der Waals surface area contributed by atoms with Gasteiger partial charge in [-0.1, -0.05) is 36.4 Å². The Hall–Kier alpha value is -3.12. The van der Waals surface area contributed by atoms with Crippen molar-refractivity contribution in [2.24, 2.45) is 0 Å². The van der Waals surface area contributed by atoms with Gasteiger partial charge in [0.25, 0.3) is 0 Å². The number of nitrogens with zero attached hydrogens (tertiary/aromatic N) is 2. The molecule has 1 amide bonds. The molecule has 0 aliphatic heterocycles. The van der Waals surface area contributed by atoms with Gasteiger partial charge in [-0.15, -0.1) is 11.3 Å². The molecule has 5 nitrogen and oxygen atoms in total. The average Bonchev–Trinajstić information content (AvgIpc) is 3.38. The first-order chi connectivity index (χ1) is 13.7. The quantitative estimate of drug-likeness (QED) is 0.503. The van der Waals surface area contributed by atoms with Crippen molar-refractivity contribution in [2.45, 2.75) is 26.1 Å². The van der Waals surface area contributed by atoms with Crippen molar-refractivity contribution in [1.29, 1.82) is 0 Å². The van der Waals surface area contributed by atoms with Crippen molar-refractivity contribution in [3.05, 3.63) is 82.8 Å². The zero-order valence-electron chi connectivity index (χ0n) is 15.5. The van der Waals surface area contributed by atoms with E-state index in [0.717, 1.165) is 27.5 Å². The summed E-state index contributed by atoms with van der Waals surface area (Å²) in [4.78, 5) is 18.6. The van der Waals surface area contributed by atoms with Gasteiger partial charge in [-0.05, 0) is 42.6 Å². The van der Waals surface area contributed by atoms with Gasteiger partial charge in [-0.2, -0.15) is 0 Å². The number of fused-ring (bicyclic) bond motifs is 1. The maximum Gasteiger partial charge on any atom is 0.243 e. The molecule has 2 aromatic carbocycles. The number of rotatable bonds is 7. The number of aromatic nitrogens is 2. The van der Waals surface area contributed by atoms with E-state index in [0.29, 0.717) is 13.2 Å². The van der Waals surface area contributed by atoms with Gasteiger partial charge in [0.05, 0.1) is 17.6 Å². The number of amides is 1. The van der Waals surface area contributed by atoms with E-state index < -0.39 is 6.04 Å². The molecule has 0 saturated heterocycles. The first-order valence-electron chi connectivity index (χ1n) is 9.16. The van der Waals surface area contributed by atoms with Crippen LogP contribution in [0.15, 0.2) is 72.1 Å². The third-order valence-corrected chi connectivity index (χ3v) is 5.44. The predicted molar refractivity (Wildman–Crippen MR) is 111 cm³/mol. The molecule has 6 heteroatoms. The molecule has 0 spiro atoms. The van der Waals surface area contributed by atoms with Crippen LogP contribution in [-0.2, 0) is 17.9 Å². The molecule has 2 aromatic heterocycles. The molecule has 0 saturated carbocycles. The zero-order chi connectivity index (χ0) is 19.3. The van der Waals surface area contributed by atoms with Crippen molar-refractivity contribution in [3.63, 3.8) is 0 Å². The number of ether oxygens (including phenoxy) is 1. The number of benzene rings is 2. The normalized spacial score (nSPS) is 12.0. The number of carbonyl (C=O) groups is 1. The van der Waals surface area contributed by atoms with E-state index in [9.17, 15) is 4.79 Å². The van der Waals surface area contributed by atoms with Crippen molar-refractivity contribution >= 4 is 28.3 Å². The van der Waals surface area contributed by atoms with Gasteiger partial charge in [-0.25, -0.2) is 4.98 Å². The SMILES string of the molecule is C[C@@H](C(=O)NCc1cccs1)n1c(COc2ccccc2)nc2ccccc21. The fourth-order valence-electron chi connectivity index (χ4n) is 3.15. The summed E-state index contributed by atoms with van der Waals surface area (Å²) in [5, 5.41) is 5.03. The Morgan fingerprint density at radius 2 is 1.89 bits per heavy atom. The fourth-order valence-corrected chi connectivity index (χ4v) is 3.79. The highest BCUT2D eigenvalue weighted by atomic mass is 32.1. The lowest BCUT2D eigenvalue weighted by atomic mass is 10.2. The third-order valence-electron chi connectivity index (χ3n) is 4.56. The summed E-state index contributed by atoms with van der Waals surface area (Å²) in [7, 11) is 0. The van der Waals surface area contributed by atoms with Gasteiger partial charge in [0.15, 0.2) is 0 Å². The van der Waals surface area contributed by atoms with Crippen LogP contribution in [0.2, 0.25) is 0 Å². The van der Waals surface area contributed by atoms with Crippen LogP contribution in [0.5, 0.6) is 5.75 Å². The lowest BCUT2D eigenvalue weighted by molar-refractivity contribution is -0.124. The smallest absolute Gasteiger partial charge is 0.243 e. The summed E-state index contributed by atoms with van der Waals surface area (Å²) in [6, 6.07) is 21.1. The minimum Gasteiger partial charge on any atom is -0.486 e. The summed E-state index contributed by atoms with van der Waals surface area (Å²) in [6.07, 6.45) is 0. The second-order valence-corrected chi connectivity index (χ2v) is 7.49. The average molecular weight is 391 g/mol. The Morgan fingerprint density at radius 3 is 2.68 bits per heavy atom. The van der Waals surface area contributed by atoms with Crippen LogP contribution >= 0.6 is 11.3 Å². The number of thiophene rings is 1.